The van der Waals surface area contributed by atoms with Gasteiger partial charge in [0.25, 0.3) is 0 Å². The molecule has 0 fully saturated rings. The van der Waals surface area contributed by atoms with Gasteiger partial charge in [0.2, 0.25) is 5.91 Å². The lowest BCUT2D eigenvalue weighted by molar-refractivity contribution is -0.115. The normalized spacial score (nSPS) is 10.4. The minimum atomic E-state index is -0.156. The van der Waals surface area contributed by atoms with E-state index < -0.39 is 0 Å². The summed E-state index contributed by atoms with van der Waals surface area (Å²) in [6.07, 6.45) is 0.863. The molecular formula is C12H16Cl2N2O2. The van der Waals surface area contributed by atoms with Crippen molar-refractivity contribution in [3.63, 3.8) is 0 Å². The number of methoxy groups -OCH3 is 1. The van der Waals surface area contributed by atoms with E-state index in [1.165, 1.54) is 0 Å². The number of hydrogen-bond donors (Lipinski definition) is 2. The first-order valence-corrected chi connectivity index (χ1v) is 6.33. The van der Waals surface area contributed by atoms with Gasteiger partial charge in [-0.1, -0.05) is 23.2 Å². The standard InChI is InChI=1S/C12H16Cl2N2O2/c1-18-6-2-5-15-8-12(17)16-11-7-9(13)3-4-10(11)14/h3-4,7,15H,2,5-6,8H2,1H3,(H,16,17). The molecule has 0 atom stereocenters. The van der Waals surface area contributed by atoms with Crippen LogP contribution in [-0.2, 0) is 9.53 Å². The van der Waals surface area contributed by atoms with E-state index in [2.05, 4.69) is 10.6 Å². The Balaban J connectivity index is 2.33. The molecule has 0 aromatic heterocycles. The number of nitrogens with one attached hydrogen (secondary N) is 2. The smallest absolute Gasteiger partial charge is 0.238 e. The van der Waals surface area contributed by atoms with Crippen LogP contribution < -0.4 is 10.6 Å². The molecule has 0 heterocycles. The summed E-state index contributed by atoms with van der Waals surface area (Å²) in [5, 5.41) is 6.69. The minimum absolute atomic E-state index is 0.156. The van der Waals surface area contributed by atoms with Crippen LogP contribution in [0, 0.1) is 0 Å². The summed E-state index contributed by atoms with van der Waals surface area (Å²) in [7, 11) is 1.65. The second kappa shape index (κ2) is 8.32. The molecule has 0 bridgehead atoms. The van der Waals surface area contributed by atoms with Crippen molar-refractivity contribution in [2.24, 2.45) is 0 Å². The highest BCUT2D eigenvalue weighted by Gasteiger charge is 2.05. The van der Waals surface area contributed by atoms with Gasteiger partial charge in [-0.3, -0.25) is 4.79 Å². The van der Waals surface area contributed by atoms with Gasteiger partial charge in [-0.25, -0.2) is 0 Å². The average molecular weight is 291 g/mol. The Morgan fingerprint density at radius 1 is 1.39 bits per heavy atom. The monoisotopic (exact) mass is 290 g/mol. The topological polar surface area (TPSA) is 50.4 Å². The lowest BCUT2D eigenvalue weighted by Gasteiger charge is -2.08. The summed E-state index contributed by atoms with van der Waals surface area (Å²) < 4.78 is 4.90. The van der Waals surface area contributed by atoms with Crippen molar-refractivity contribution in [1.29, 1.82) is 0 Å². The van der Waals surface area contributed by atoms with Gasteiger partial charge in [-0.15, -0.1) is 0 Å². The summed E-state index contributed by atoms with van der Waals surface area (Å²) in [5.41, 5.74) is 0.521. The molecule has 18 heavy (non-hydrogen) atoms. The molecule has 6 heteroatoms. The SMILES string of the molecule is COCCCNCC(=O)Nc1cc(Cl)ccc1Cl. The lowest BCUT2D eigenvalue weighted by Crippen LogP contribution is -2.29. The number of carbonyl (C=O) groups excluding carboxylic acids is 1. The molecule has 1 aromatic rings. The van der Waals surface area contributed by atoms with Crippen LogP contribution in [-0.4, -0.2) is 32.7 Å². The third-order valence-electron chi connectivity index (χ3n) is 2.19. The van der Waals surface area contributed by atoms with Gasteiger partial charge in [0.05, 0.1) is 17.3 Å². The molecule has 0 aliphatic rings. The van der Waals surface area contributed by atoms with E-state index in [-0.39, 0.29) is 12.5 Å². The second-order valence-corrected chi connectivity index (χ2v) is 4.54. The van der Waals surface area contributed by atoms with Crippen LogP contribution in [0.3, 0.4) is 0 Å². The molecule has 1 amide bonds. The molecular weight excluding hydrogens is 275 g/mol. The molecule has 0 spiro atoms. The van der Waals surface area contributed by atoms with Crippen molar-refractivity contribution in [3.05, 3.63) is 28.2 Å². The van der Waals surface area contributed by atoms with Crippen LogP contribution >= 0.6 is 23.2 Å². The number of rotatable bonds is 7. The van der Waals surface area contributed by atoms with Crippen LogP contribution in [0.4, 0.5) is 5.69 Å². The molecule has 0 aliphatic heterocycles. The number of amides is 1. The quantitative estimate of drug-likeness (QED) is 0.759. The number of anilines is 1. The van der Waals surface area contributed by atoms with Crippen molar-refractivity contribution in [2.45, 2.75) is 6.42 Å². The van der Waals surface area contributed by atoms with Gasteiger partial charge in [-0.2, -0.15) is 0 Å². The maximum absolute atomic E-state index is 11.6. The van der Waals surface area contributed by atoms with Crippen molar-refractivity contribution in [2.75, 3.05) is 32.1 Å². The summed E-state index contributed by atoms with van der Waals surface area (Å²) in [5.74, 6) is -0.156. The predicted octanol–water partition coefficient (Wildman–Crippen LogP) is 2.56. The van der Waals surface area contributed by atoms with Crippen molar-refractivity contribution >= 4 is 34.8 Å². The van der Waals surface area contributed by atoms with Crippen LogP contribution in [0.5, 0.6) is 0 Å². The number of ether oxygens (including phenoxy) is 1. The maximum atomic E-state index is 11.6. The number of hydrogen-bond acceptors (Lipinski definition) is 3. The third kappa shape index (κ3) is 5.69. The van der Waals surface area contributed by atoms with Crippen LogP contribution in [0.2, 0.25) is 10.0 Å². The molecule has 0 saturated heterocycles. The molecule has 1 aromatic carbocycles. The third-order valence-corrected chi connectivity index (χ3v) is 2.75. The second-order valence-electron chi connectivity index (χ2n) is 3.70. The van der Waals surface area contributed by atoms with Gasteiger partial charge in [0, 0.05) is 18.7 Å². The van der Waals surface area contributed by atoms with Crippen molar-refractivity contribution < 1.29 is 9.53 Å². The Morgan fingerprint density at radius 2 is 2.17 bits per heavy atom. The zero-order valence-electron chi connectivity index (χ0n) is 10.1. The van der Waals surface area contributed by atoms with Gasteiger partial charge in [-0.05, 0) is 31.2 Å². The summed E-state index contributed by atoms with van der Waals surface area (Å²) in [6, 6.07) is 4.93. The fourth-order valence-electron chi connectivity index (χ4n) is 1.33. The Bertz CT molecular complexity index is 400. The summed E-state index contributed by atoms with van der Waals surface area (Å²) in [6.45, 7) is 1.63. The maximum Gasteiger partial charge on any atom is 0.238 e. The molecule has 0 radical (unpaired) electrons. The van der Waals surface area contributed by atoms with Gasteiger partial charge < -0.3 is 15.4 Å². The van der Waals surface area contributed by atoms with Crippen molar-refractivity contribution in [1.82, 2.24) is 5.32 Å². The van der Waals surface area contributed by atoms with E-state index in [0.29, 0.717) is 22.3 Å². The zero-order chi connectivity index (χ0) is 13.4. The molecule has 1 rings (SSSR count). The Kier molecular flexibility index (Phi) is 7.05. The van der Waals surface area contributed by atoms with Gasteiger partial charge >= 0.3 is 0 Å². The highest BCUT2D eigenvalue weighted by atomic mass is 35.5. The van der Waals surface area contributed by atoms with E-state index in [1.807, 2.05) is 0 Å². The largest absolute Gasteiger partial charge is 0.385 e. The van der Waals surface area contributed by atoms with Gasteiger partial charge in [0.1, 0.15) is 0 Å². The molecule has 0 unspecified atom stereocenters. The number of carbonyl (C=O) groups is 1. The minimum Gasteiger partial charge on any atom is -0.385 e. The number of halogens is 2. The lowest BCUT2D eigenvalue weighted by atomic mass is 10.3. The van der Waals surface area contributed by atoms with Crippen molar-refractivity contribution in [3.8, 4) is 0 Å². The highest BCUT2D eigenvalue weighted by Crippen LogP contribution is 2.25. The molecule has 2 N–H and O–H groups in total. The highest BCUT2D eigenvalue weighted by molar-refractivity contribution is 6.35. The molecule has 0 aliphatic carbocycles. The van der Waals surface area contributed by atoms with Gasteiger partial charge in [0.15, 0.2) is 0 Å². The van der Waals surface area contributed by atoms with Crippen LogP contribution in [0.15, 0.2) is 18.2 Å². The van der Waals surface area contributed by atoms with E-state index in [0.717, 1.165) is 13.0 Å². The Morgan fingerprint density at radius 3 is 2.89 bits per heavy atom. The van der Waals surface area contributed by atoms with Crippen LogP contribution in [0.1, 0.15) is 6.42 Å². The Hall–Kier alpha value is -0.810. The zero-order valence-corrected chi connectivity index (χ0v) is 11.6. The van der Waals surface area contributed by atoms with E-state index in [9.17, 15) is 4.79 Å². The number of benzene rings is 1. The average Bonchev–Trinajstić information content (AvgIpc) is 2.33. The summed E-state index contributed by atoms with van der Waals surface area (Å²) >= 11 is 11.8. The molecule has 100 valence electrons. The first-order chi connectivity index (χ1) is 8.63. The fraction of sp³-hybridized carbons (Fsp3) is 0.417. The summed E-state index contributed by atoms with van der Waals surface area (Å²) in [4.78, 5) is 11.6. The fourth-order valence-corrected chi connectivity index (χ4v) is 1.67. The molecule has 0 saturated carbocycles. The molecule has 4 nitrogen and oxygen atoms in total. The Labute approximate surface area is 117 Å². The first-order valence-electron chi connectivity index (χ1n) is 5.58. The van der Waals surface area contributed by atoms with E-state index in [4.69, 9.17) is 27.9 Å². The predicted molar refractivity (Wildman–Crippen MR) is 74.5 cm³/mol. The van der Waals surface area contributed by atoms with Crippen LogP contribution in [0.25, 0.3) is 0 Å². The first kappa shape index (κ1) is 15.2. The van der Waals surface area contributed by atoms with E-state index in [1.54, 1.807) is 25.3 Å². The van der Waals surface area contributed by atoms with E-state index >= 15 is 0 Å².